The summed E-state index contributed by atoms with van der Waals surface area (Å²) in [6.07, 6.45) is 0. The molecule has 2 aromatic rings. The first-order chi connectivity index (χ1) is 8.65. The zero-order chi connectivity index (χ0) is 13.0. The minimum atomic E-state index is 0.535. The van der Waals surface area contributed by atoms with Gasteiger partial charge in [-0.1, -0.05) is 61.1 Å². The summed E-state index contributed by atoms with van der Waals surface area (Å²) in [7, 11) is 0. The third kappa shape index (κ3) is 3.40. The van der Waals surface area contributed by atoms with E-state index in [0.29, 0.717) is 13.3 Å². The Morgan fingerprint density at radius 1 is 1.00 bits per heavy atom. The molecule has 0 aliphatic heterocycles. The predicted octanol–water partition coefficient (Wildman–Crippen LogP) is 3.54. The largest absolute Gasteiger partial charge is 0.489 e. The Labute approximate surface area is 110 Å². The normalized spacial score (nSPS) is 10.2. The molecule has 0 amide bonds. The third-order valence-corrected chi connectivity index (χ3v) is 3.01. The fourth-order valence-electron chi connectivity index (χ4n) is 1.93. The van der Waals surface area contributed by atoms with Gasteiger partial charge in [-0.05, 0) is 24.6 Å². The summed E-state index contributed by atoms with van der Waals surface area (Å²) in [4.78, 5) is 0. The van der Waals surface area contributed by atoms with E-state index in [0.717, 1.165) is 5.75 Å². The number of benzene rings is 2. The van der Waals surface area contributed by atoms with Crippen molar-refractivity contribution in [2.45, 2.75) is 27.2 Å². The molecule has 0 aliphatic carbocycles. The van der Waals surface area contributed by atoms with E-state index in [-0.39, 0.29) is 0 Å². The van der Waals surface area contributed by atoms with Gasteiger partial charge in [0.15, 0.2) is 6.71 Å². The summed E-state index contributed by atoms with van der Waals surface area (Å²) in [6, 6.07) is 16.8. The Morgan fingerprint density at radius 2 is 1.78 bits per heavy atom. The van der Waals surface area contributed by atoms with Crippen LogP contribution in [-0.4, -0.2) is 6.71 Å². The molecule has 0 bridgehead atoms. The lowest BCUT2D eigenvalue weighted by Crippen LogP contribution is -2.22. The second-order valence-corrected chi connectivity index (χ2v) is 5.00. The van der Waals surface area contributed by atoms with E-state index < -0.39 is 0 Å². The topological polar surface area (TPSA) is 9.23 Å². The van der Waals surface area contributed by atoms with Gasteiger partial charge in [0.05, 0.1) is 0 Å². The van der Waals surface area contributed by atoms with Crippen LogP contribution in [0.1, 0.15) is 11.1 Å². The second kappa shape index (κ2) is 5.77. The Bertz CT molecular complexity index is 520. The monoisotopic (exact) mass is 238 g/mol. The lowest BCUT2D eigenvalue weighted by Gasteiger charge is -2.09. The van der Waals surface area contributed by atoms with Crippen LogP contribution in [0.4, 0.5) is 0 Å². The van der Waals surface area contributed by atoms with Crippen molar-refractivity contribution >= 4 is 12.2 Å². The van der Waals surface area contributed by atoms with Gasteiger partial charge in [0, 0.05) is 0 Å². The molecule has 18 heavy (non-hydrogen) atoms. The smallest absolute Gasteiger partial charge is 0.169 e. The summed E-state index contributed by atoms with van der Waals surface area (Å²) in [6.45, 7) is 7.65. The van der Waals surface area contributed by atoms with Crippen LogP contribution in [-0.2, 0) is 6.61 Å². The van der Waals surface area contributed by atoms with Crippen LogP contribution < -0.4 is 10.2 Å². The quantitative estimate of drug-likeness (QED) is 0.740. The first kappa shape index (κ1) is 12.8. The molecule has 2 heteroatoms. The molecule has 0 aromatic heterocycles. The fraction of sp³-hybridized carbons (Fsp3) is 0.250. The minimum Gasteiger partial charge on any atom is -0.489 e. The first-order valence-corrected chi connectivity index (χ1v) is 6.43. The lowest BCUT2D eigenvalue weighted by molar-refractivity contribution is 0.306. The predicted molar refractivity (Wildman–Crippen MR) is 79.1 cm³/mol. The molecule has 1 nitrogen and oxygen atoms in total. The molecular weight excluding hydrogens is 219 g/mol. The molecule has 2 aromatic carbocycles. The zero-order valence-electron chi connectivity index (χ0n) is 11.3. The van der Waals surface area contributed by atoms with E-state index in [4.69, 9.17) is 4.74 Å². The van der Waals surface area contributed by atoms with Gasteiger partial charge >= 0.3 is 0 Å². The summed E-state index contributed by atoms with van der Waals surface area (Å²) in [5.74, 6) is 0.947. The van der Waals surface area contributed by atoms with Crippen LogP contribution in [0, 0.1) is 6.92 Å². The fourth-order valence-corrected chi connectivity index (χ4v) is 1.93. The van der Waals surface area contributed by atoms with E-state index >= 15 is 0 Å². The number of hydrogen-bond donors (Lipinski definition) is 0. The Balaban J connectivity index is 2.04. The molecule has 0 saturated carbocycles. The van der Waals surface area contributed by atoms with Crippen LogP contribution in [0.15, 0.2) is 48.5 Å². The summed E-state index contributed by atoms with van der Waals surface area (Å²) in [5.41, 5.74) is 3.80. The van der Waals surface area contributed by atoms with Crippen LogP contribution in [0.2, 0.25) is 13.6 Å². The van der Waals surface area contributed by atoms with Crippen LogP contribution in [0.5, 0.6) is 5.75 Å². The van der Waals surface area contributed by atoms with Crippen molar-refractivity contribution in [3.8, 4) is 5.75 Å². The van der Waals surface area contributed by atoms with Gasteiger partial charge in [-0.25, -0.2) is 0 Å². The van der Waals surface area contributed by atoms with Gasteiger partial charge in [0.2, 0.25) is 0 Å². The molecule has 0 heterocycles. The van der Waals surface area contributed by atoms with Crippen molar-refractivity contribution in [3.63, 3.8) is 0 Å². The maximum absolute atomic E-state index is 5.84. The van der Waals surface area contributed by atoms with E-state index in [2.05, 4.69) is 63.0 Å². The van der Waals surface area contributed by atoms with Crippen molar-refractivity contribution in [2.24, 2.45) is 0 Å². The van der Waals surface area contributed by atoms with E-state index in [1.54, 1.807) is 0 Å². The molecule has 0 saturated heterocycles. The Kier molecular flexibility index (Phi) is 4.09. The van der Waals surface area contributed by atoms with E-state index in [1.165, 1.54) is 16.6 Å². The second-order valence-electron chi connectivity index (χ2n) is 5.00. The van der Waals surface area contributed by atoms with E-state index in [1.807, 2.05) is 6.07 Å². The molecule has 0 radical (unpaired) electrons. The average molecular weight is 238 g/mol. The Morgan fingerprint density at radius 3 is 2.50 bits per heavy atom. The molecule has 0 N–H and O–H groups in total. The Hall–Kier alpha value is -1.70. The van der Waals surface area contributed by atoms with Gasteiger partial charge in [0.1, 0.15) is 12.4 Å². The highest BCUT2D eigenvalue weighted by Crippen LogP contribution is 2.12. The van der Waals surface area contributed by atoms with Gasteiger partial charge in [-0.3, -0.25) is 0 Å². The van der Waals surface area contributed by atoms with Crippen LogP contribution >= 0.6 is 0 Å². The van der Waals surface area contributed by atoms with Gasteiger partial charge in [0.25, 0.3) is 0 Å². The highest BCUT2D eigenvalue weighted by molar-refractivity contribution is 6.70. The van der Waals surface area contributed by atoms with Crippen molar-refractivity contribution in [3.05, 3.63) is 59.7 Å². The van der Waals surface area contributed by atoms with Crippen molar-refractivity contribution in [1.82, 2.24) is 0 Å². The highest BCUT2D eigenvalue weighted by Gasteiger charge is 2.04. The lowest BCUT2D eigenvalue weighted by atomic mass is 9.49. The van der Waals surface area contributed by atoms with Gasteiger partial charge in [-0.2, -0.15) is 0 Å². The number of rotatable bonds is 4. The molecule has 0 unspecified atom stereocenters. The summed E-state index contributed by atoms with van der Waals surface area (Å²) in [5, 5.41) is 0. The zero-order valence-corrected chi connectivity index (χ0v) is 11.3. The first-order valence-electron chi connectivity index (χ1n) is 6.43. The number of ether oxygens (including phenoxy) is 1. The molecule has 92 valence electrons. The van der Waals surface area contributed by atoms with Crippen LogP contribution in [0.25, 0.3) is 0 Å². The standard InChI is InChI=1S/C16H19BO/c1-13-6-4-7-14(10-13)12-18-16-9-5-8-15(11-16)17(2)3/h4-11H,12H2,1-3H3. The molecular formula is C16H19BO. The summed E-state index contributed by atoms with van der Waals surface area (Å²) >= 11 is 0. The average Bonchev–Trinajstić information content (AvgIpc) is 2.37. The maximum atomic E-state index is 5.84. The third-order valence-electron chi connectivity index (χ3n) is 3.01. The molecule has 0 fully saturated rings. The van der Waals surface area contributed by atoms with Crippen molar-refractivity contribution < 1.29 is 4.74 Å². The molecule has 0 spiro atoms. The van der Waals surface area contributed by atoms with Gasteiger partial charge in [-0.15, -0.1) is 0 Å². The van der Waals surface area contributed by atoms with Crippen molar-refractivity contribution in [2.75, 3.05) is 0 Å². The highest BCUT2D eigenvalue weighted by atomic mass is 16.5. The number of aryl methyl sites for hydroxylation is 1. The van der Waals surface area contributed by atoms with E-state index in [9.17, 15) is 0 Å². The number of hydrogen-bond acceptors (Lipinski definition) is 1. The van der Waals surface area contributed by atoms with Gasteiger partial charge < -0.3 is 4.74 Å². The molecule has 0 atom stereocenters. The van der Waals surface area contributed by atoms with Crippen molar-refractivity contribution in [1.29, 1.82) is 0 Å². The summed E-state index contributed by atoms with van der Waals surface area (Å²) < 4.78 is 5.84. The maximum Gasteiger partial charge on any atom is 0.169 e. The SMILES string of the molecule is CB(C)c1cccc(OCc2cccc(C)c2)c1. The molecule has 0 aliphatic rings. The molecule has 2 rings (SSSR count). The minimum absolute atomic E-state index is 0.535. The van der Waals surface area contributed by atoms with Crippen LogP contribution in [0.3, 0.4) is 0 Å².